The van der Waals surface area contributed by atoms with E-state index < -0.39 is 0 Å². The number of hydrogen-bond acceptors (Lipinski definition) is 5. The lowest BCUT2D eigenvalue weighted by Gasteiger charge is -2.28. The summed E-state index contributed by atoms with van der Waals surface area (Å²) < 4.78 is 4.99. The summed E-state index contributed by atoms with van der Waals surface area (Å²) in [6.45, 7) is 2.25. The van der Waals surface area contributed by atoms with Gasteiger partial charge < -0.3 is 10.1 Å². The lowest BCUT2D eigenvalue weighted by atomic mass is 9.83. The average molecular weight is 285 g/mol. The molecule has 19 heavy (non-hydrogen) atoms. The second kappa shape index (κ2) is 6.89. The second-order valence-electron chi connectivity index (χ2n) is 5.07. The summed E-state index contributed by atoms with van der Waals surface area (Å²) in [6.07, 6.45) is 7.51. The van der Waals surface area contributed by atoms with Gasteiger partial charge in [0.1, 0.15) is 0 Å². The van der Waals surface area contributed by atoms with E-state index in [1.807, 2.05) is 0 Å². The number of nitrogens with one attached hydrogen (secondary N) is 1. The van der Waals surface area contributed by atoms with Crippen LogP contribution in [0.25, 0.3) is 0 Å². The molecule has 2 rings (SSSR count). The first-order valence-electron chi connectivity index (χ1n) is 6.93. The number of anilines is 1. The maximum Gasteiger partial charge on any atom is 0.322 e. The minimum atomic E-state index is 0.161. The van der Waals surface area contributed by atoms with Gasteiger partial charge in [-0.1, -0.05) is 19.8 Å². The predicted octanol–water partition coefficient (Wildman–Crippen LogP) is 3.30. The molecule has 0 unspecified atom stereocenters. The van der Waals surface area contributed by atoms with Crippen LogP contribution in [0.5, 0.6) is 6.01 Å². The normalized spacial score (nSPS) is 23.1. The molecular formula is C13H21ClN4O. The Labute approximate surface area is 119 Å². The van der Waals surface area contributed by atoms with Crippen LogP contribution in [0.15, 0.2) is 0 Å². The highest BCUT2D eigenvalue weighted by Crippen LogP contribution is 2.29. The van der Waals surface area contributed by atoms with E-state index in [-0.39, 0.29) is 11.3 Å². The lowest BCUT2D eigenvalue weighted by Crippen LogP contribution is -2.27. The fourth-order valence-corrected chi connectivity index (χ4v) is 2.83. The van der Waals surface area contributed by atoms with Crippen LogP contribution in [0.3, 0.4) is 0 Å². The first kappa shape index (κ1) is 14.3. The van der Waals surface area contributed by atoms with E-state index >= 15 is 0 Å². The van der Waals surface area contributed by atoms with Crippen molar-refractivity contribution in [3.05, 3.63) is 5.28 Å². The highest BCUT2D eigenvalue weighted by Gasteiger charge is 2.21. The third-order valence-electron chi connectivity index (χ3n) is 3.65. The standard InChI is InChI=1S/C13H21ClN4O/c1-3-4-9-5-7-10(8-6-9)15-12-16-11(14)17-13(18-12)19-2/h9-10H,3-8H2,1-2H3,(H,15,16,17,18). The Hall–Kier alpha value is -1.10. The highest BCUT2D eigenvalue weighted by molar-refractivity contribution is 6.28. The number of methoxy groups -OCH3 is 1. The molecule has 0 radical (unpaired) electrons. The lowest BCUT2D eigenvalue weighted by molar-refractivity contribution is 0.317. The molecular weight excluding hydrogens is 264 g/mol. The first-order valence-corrected chi connectivity index (χ1v) is 7.31. The molecule has 0 bridgehead atoms. The summed E-state index contributed by atoms with van der Waals surface area (Å²) >= 11 is 5.83. The molecule has 0 saturated heterocycles. The minimum Gasteiger partial charge on any atom is -0.467 e. The largest absolute Gasteiger partial charge is 0.467 e. The zero-order valence-corrected chi connectivity index (χ0v) is 12.3. The number of hydrogen-bond donors (Lipinski definition) is 1. The Morgan fingerprint density at radius 2 is 1.95 bits per heavy atom. The Morgan fingerprint density at radius 1 is 1.21 bits per heavy atom. The molecule has 1 fully saturated rings. The van der Waals surface area contributed by atoms with Gasteiger partial charge in [-0.25, -0.2) is 0 Å². The molecule has 106 valence electrons. The monoisotopic (exact) mass is 284 g/mol. The number of rotatable bonds is 5. The van der Waals surface area contributed by atoms with Gasteiger partial charge in [-0.3, -0.25) is 0 Å². The van der Waals surface area contributed by atoms with Gasteiger partial charge in [0.2, 0.25) is 11.2 Å². The molecule has 0 spiro atoms. The van der Waals surface area contributed by atoms with E-state index in [0.29, 0.717) is 12.0 Å². The number of halogens is 1. The molecule has 0 atom stereocenters. The van der Waals surface area contributed by atoms with E-state index in [9.17, 15) is 0 Å². The van der Waals surface area contributed by atoms with Crippen molar-refractivity contribution < 1.29 is 4.74 Å². The first-order chi connectivity index (χ1) is 9.21. The molecule has 1 N–H and O–H groups in total. The van der Waals surface area contributed by atoms with E-state index in [4.69, 9.17) is 16.3 Å². The van der Waals surface area contributed by atoms with Crippen LogP contribution < -0.4 is 10.1 Å². The molecule has 1 aliphatic carbocycles. The van der Waals surface area contributed by atoms with E-state index in [1.54, 1.807) is 0 Å². The summed E-state index contributed by atoms with van der Waals surface area (Å²) in [5, 5.41) is 3.49. The maximum absolute atomic E-state index is 5.83. The zero-order valence-electron chi connectivity index (χ0n) is 11.5. The summed E-state index contributed by atoms with van der Waals surface area (Å²) in [4.78, 5) is 12.1. The summed E-state index contributed by atoms with van der Waals surface area (Å²) in [5.74, 6) is 1.40. The van der Waals surface area contributed by atoms with Gasteiger partial charge >= 0.3 is 6.01 Å². The number of nitrogens with zero attached hydrogens (tertiary/aromatic N) is 3. The van der Waals surface area contributed by atoms with Crippen LogP contribution in [0.1, 0.15) is 45.4 Å². The van der Waals surface area contributed by atoms with Crippen molar-refractivity contribution in [2.45, 2.75) is 51.5 Å². The third-order valence-corrected chi connectivity index (χ3v) is 3.82. The Balaban J connectivity index is 1.90. The molecule has 1 aromatic heterocycles. The smallest absolute Gasteiger partial charge is 0.322 e. The number of ether oxygens (including phenoxy) is 1. The quantitative estimate of drug-likeness (QED) is 0.899. The molecule has 1 saturated carbocycles. The Morgan fingerprint density at radius 3 is 2.58 bits per heavy atom. The van der Waals surface area contributed by atoms with Gasteiger partial charge in [-0.15, -0.1) is 0 Å². The third kappa shape index (κ3) is 4.20. The predicted molar refractivity (Wildman–Crippen MR) is 75.7 cm³/mol. The molecule has 0 aliphatic heterocycles. The van der Waals surface area contributed by atoms with Crippen LogP contribution in [0.4, 0.5) is 5.95 Å². The van der Waals surface area contributed by atoms with Crippen LogP contribution >= 0.6 is 11.6 Å². The minimum absolute atomic E-state index is 0.161. The Kier molecular flexibility index (Phi) is 5.19. The van der Waals surface area contributed by atoms with Crippen molar-refractivity contribution in [1.82, 2.24) is 15.0 Å². The average Bonchev–Trinajstić information content (AvgIpc) is 2.40. The van der Waals surface area contributed by atoms with Crippen molar-refractivity contribution in [3.8, 4) is 6.01 Å². The van der Waals surface area contributed by atoms with Crippen LogP contribution in [0, 0.1) is 5.92 Å². The molecule has 1 heterocycles. The second-order valence-corrected chi connectivity index (χ2v) is 5.40. The molecule has 1 aliphatic rings. The van der Waals surface area contributed by atoms with Gasteiger partial charge in [0.25, 0.3) is 0 Å². The van der Waals surface area contributed by atoms with Crippen LogP contribution in [-0.4, -0.2) is 28.1 Å². The van der Waals surface area contributed by atoms with Gasteiger partial charge in [0.05, 0.1) is 7.11 Å². The number of aromatic nitrogens is 3. The van der Waals surface area contributed by atoms with Gasteiger partial charge in [0.15, 0.2) is 0 Å². The van der Waals surface area contributed by atoms with Gasteiger partial charge in [-0.2, -0.15) is 15.0 Å². The fourth-order valence-electron chi connectivity index (χ4n) is 2.67. The van der Waals surface area contributed by atoms with E-state index in [1.165, 1.54) is 32.8 Å². The van der Waals surface area contributed by atoms with Crippen molar-refractivity contribution in [1.29, 1.82) is 0 Å². The SMILES string of the molecule is CCCC1CCC(Nc2nc(Cl)nc(OC)n2)CC1. The molecule has 6 heteroatoms. The Bertz CT molecular complexity index is 408. The van der Waals surface area contributed by atoms with Gasteiger partial charge in [0, 0.05) is 6.04 Å². The van der Waals surface area contributed by atoms with Crippen molar-refractivity contribution in [2.24, 2.45) is 5.92 Å². The van der Waals surface area contributed by atoms with Crippen LogP contribution in [-0.2, 0) is 0 Å². The zero-order chi connectivity index (χ0) is 13.7. The van der Waals surface area contributed by atoms with Crippen LogP contribution in [0.2, 0.25) is 5.28 Å². The van der Waals surface area contributed by atoms with Crippen molar-refractivity contribution >= 4 is 17.5 Å². The molecule has 1 aromatic rings. The fraction of sp³-hybridized carbons (Fsp3) is 0.769. The highest BCUT2D eigenvalue weighted by atomic mass is 35.5. The van der Waals surface area contributed by atoms with E-state index in [2.05, 4.69) is 27.2 Å². The topological polar surface area (TPSA) is 59.9 Å². The van der Waals surface area contributed by atoms with Crippen molar-refractivity contribution in [2.75, 3.05) is 12.4 Å². The summed E-state index contributed by atoms with van der Waals surface area (Å²) in [7, 11) is 1.52. The molecule has 0 amide bonds. The van der Waals surface area contributed by atoms with Gasteiger partial charge in [-0.05, 0) is 43.2 Å². The maximum atomic E-state index is 5.83. The molecule has 0 aromatic carbocycles. The summed E-state index contributed by atoms with van der Waals surface area (Å²) in [5.41, 5.74) is 0. The van der Waals surface area contributed by atoms with E-state index in [0.717, 1.165) is 18.8 Å². The van der Waals surface area contributed by atoms with Crippen molar-refractivity contribution in [3.63, 3.8) is 0 Å². The molecule has 5 nitrogen and oxygen atoms in total. The summed E-state index contributed by atoms with van der Waals surface area (Å²) in [6, 6.07) is 0.679.